The molecule has 1 aliphatic heterocycles. The third kappa shape index (κ3) is 4.19. The van der Waals surface area contributed by atoms with E-state index >= 15 is 0 Å². The van der Waals surface area contributed by atoms with Gasteiger partial charge in [0.15, 0.2) is 5.78 Å². The topological polar surface area (TPSA) is 71.1 Å². The number of ketones is 1. The van der Waals surface area contributed by atoms with Crippen molar-refractivity contribution < 1.29 is 13.9 Å². The van der Waals surface area contributed by atoms with Crippen molar-refractivity contribution >= 4 is 5.78 Å². The molecule has 1 saturated heterocycles. The van der Waals surface area contributed by atoms with Gasteiger partial charge in [-0.15, -0.1) is 0 Å². The first kappa shape index (κ1) is 19.3. The molecule has 1 atom stereocenters. The lowest BCUT2D eigenvalue weighted by molar-refractivity contribution is 0.0811. The number of nitrogens with zero attached hydrogens (tertiary/aromatic N) is 3. The smallest absolute Gasteiger partial charge is 0.168 e. The molecule has 0 unspecified atom stereocenters. The van der Waals surface area contributed by atoms with Gasteiger partial charge < -0.3 is 4.74 Å². The largest absolute Gasteiger partial charge is 0.497 e. The van der Waals surface area contributed by atoms with Crippen LogP contribution in [0.4, 0.5) is 4.39 Å². The van der Waals surface area contributed by atoms with E-state index in [-0.39, 0.29) is 17.5 Å². The third-order valence-electron chi connectivity index (χ3n) is 5.38. The average Bonchev–Trinajstić information content (AvgIpc) is 3.21. The zero-order chi connectivity index (χ0) is 20.2. The summed E-state index contributed by atoms with van der Waals surface area (Å²) in [5, 5.41) is 7.04. The predicted molar refractivity (Wildman–Crippen MR) is 107 cm³/mol. The summed E-state index contributed by atoms with van der Waals surface area (Å²) in [5.74, 6) is 0.190. The Morgan fingerprint density at radius 1 is 1.34 bits per heavy atom. The van der Waals surface area contributed by atoms with Crippen molar-refractivity contribution in [2.75, 3.05) is 20.2 Å². The highest BCUT2D eigenvalue weighted by Gasteiger charge is 2.27. The van der Waals surface area contributed by atoms with Crippen molar-refractivity contribution in [2.45, 2.75) is 19.4 Å². The van der Waals surface area contributed by atoms with E-state index in [2.05, 4.69) is 20.1 Å². The molecule has 3 aromatic rings. The fourth-order valence-corrected chi connectivity index (χ4v) is 3.89. The Morgan fingerprint density at radius 2 is 2.24 bits per heavy atom. The lowest BCUT2D eigenvalue weighted by Gasteiger charge is -2.31. The van der Waals surface area contributed by atoms with Gasteiger partial charge in [0.25, 0.3) is 0 Å². The van der Waals surface area contributed by atoms with E-state index in [0.29, 0.717) is 35.7 Å². The van der Waals surface area contributed by atoms with Crippen LogP contribution in [0.5, 0.6) is 5.75 Å². The number of hydrogen-bond donors (Lipinski definition) is 1. The van der Waals surface area contributed by atoms with E-state index in [0.717, 1.165) is 24.9 Å². The van der Waals surface area contributed by atoms with Gasteiger partial charge in [0.1, 0.15) is 11.6 Å². The molecule has 1 fully saturated rings. The average molecular weight is 394 g/mol. The number of benzene rings is 1. The monoisotopic (exact) mass is 394 g/mol. The normalized spacial score (nSPS) is 17.2. The van der Waals surface area contributed by atoms with Crippen molar-refractivity contribution in [3.05, 3.63) is 65.9 Å². The molecule has 0 bridgehead atoms. The molecule has 1 N–H and O–H groups in total. The van der Waals surface area contributed by atoms with Crippen LogP contribution in [0.25, 0.3) is 11.3 Å². The molecule has 2 aromatic heterocycles. The molecule has 4 rings (SSSR count). The third-order valence-corrected chi connectivity index (χ3v) is 5.38. The second-order valence-electron chi connectivity index (χ2n) is 7.30. The summed E-state index contributed by atoms with van der Waals surface area (Å²) >= 11 is 0. The van der Waals surface area contributed by atoms with Gasteiger partial charge in [-0.25, -0.2) is 4.39 Å². The van der Waals surface area contributed by atoms with Crippen LogP contribution >= 0.6 is 0 Å². The predicted octanol–water partition coefficient (Wildman–Crippen LogP) is 3.71. The Morgan fingerprint density at radius 3 is 3.00 bits per heavy atom. The number of aromatic nitrogens is 3. The van der Waals surface area contributed by atoms with Crippen LogP contribution in [-0.2, 0) is 6.54 Å². The van der Waals surface area contributed by atoms with Gasteiger partial charge >= 0.3 is 0 Å². The summed E-state index contributed by atoms with van der Waals surface area (Å²) in [6.07, 6.45) is 6.84. The zero-order valence-corrected chi connectivity index (χ0v) is 16.3. The molecule has 7 heteroatoms. The number of likely N-dealkylation sites (tertiary alicyclic amines) is 1. The van der Waals surface area contributed by atoms with E-state index < -0.39 is 0 Å². The van der Waals surface area contributed by atoms with Crippen LogP contribution in [0.15, 0.2) is 48.9 Å². The number of H-pyrrole nitrogens is 1. The zero-order valence-electron chi connectivity index (χ0n) is 16.3. The highest BCUT2D eigenvalue weighted by Crippen LogP contribution is 2.29. The molecule has 0 aliphatic carbocycles. The number of carbonyl (C=O) groups is 1. The number of Topliss-reactive ketones (excluding diaryl/α,β-unsaturated/α-hetero) is 1. The van der Waals surface area contributed by atoms with E-state index in [1.807, 2.05) is 6.07 Å². The minimum atomic E-state index is -0.363. The summed E-state index contributed by atoms with van der Waals surface area (Å²) in [4.78, 5) is 19.1. The fourth-order valence-electron chi connectivity index (χ4n) is 3.89. The van der Waals surface area contributed by atoms with Crippen LogP contribution < -0.4 is 4.74 Å². The quantitative estimate of drug-likeness (QED) is 0.646. The lowest BCUT2D eigenvalue weighted by Crippen LogP contribution is -2.38. The number of halogens is 1. The van der Waals surface area contributed by atoms with E-state index in [4.69, 9.17) is 4.74 Å². The highest BCUT2D eigenvalue weighted by molar-refractivity contribution is 5.97. The van der Waals surface area contributed by atoms with E-state index in [1.165, 1.54) is 13.2 Å². The van der Waals surface area contributed by atoms with Crippen molar-refractivity contribution in [1.29, 1.82) is 0 Å². The Labute approximate surface area is 168 Å². The Balaban J connectivity index is 1.49. The van der Waals surface area contributed by atoms with E-state index in [9.17, 15) is 9.18 Å². The van der Waals surface area contributed by atoms with Crippen molar-refractivity contribution in [1.82, 2.24) is 20.1 Å². The molecule has 29 heavy (non-hydrogen) atoms. The molecular weight excluding hydrogens is 371 g/mol. The summed E-state index contributed by atoms with van der Waals surface area (Å²) in [6.45, 7) is 2.17. The molecule has 6 nitrogen and oxygen atoms in total. The van der Waals surface area contributed by atoms with Crippen LogP contribution in [-0.4, -0.2) is 46.1 Å². The van der Waals surface area contributed by atoms with Crippen molar-refractivity contribution in [3.8, 4) is 17.0 Å². The Bertz CT molecular complexity index is 989. The van der Waals surface area contributed by atoms with Crippen molar-refractivity contribution in [2.24, 2.45) is 5.92 Å². The van der Waals surface area contributed by atoms with Crippen LogP contribution in [0.3, 0.4) is 0 Å². The molecular formula is C22H23FN4O2. The second kappa shape index (κ2) is 8.53. The molecule has 0 spiro atoms. The first-order valence-corrected chi connectivity index (χ1v) is 9.68. The highest BCUT2D eigenvalue weighted by atomic mass is 19.1. The summed E-state index contributed by atoms with van der Waals surface area (Å²) in [5.41, 5.74) is 2.68. The number of nitrogens with one attached hydrogen (secondary N) is 1. The SMILES string of the molecule is COc1ccc(-c2[nH]ncc2CN2CCC[C@H](C(=O)c3cccnc3)C2)c(F)c1. The first-order valence-electron chi connectivity index (χ1n) is 9.68. The van der Waals surface area contributed by atoms with Gasteiger partial charge in [0, 0.05) is 54.2 Å². The summed E-state index contributed by atoms with van der Waals surface area (Å²) < 4.78 is 19.6. The lowest BCUT2D eigenvalue weighted by atomic mass is 9.90. The maximum atomic E-state index is 14.5. The molecule has 3 heterocycles. The molecule has 0 radical (unpaired) electrons. The van der Waals surface area contributed by atoms with Gasteiger partial charge in [-0.2, -0.15) is 5.10 Å². The molecule has 1 aromatic carbocycles. The maximum Gasteiger partial charge on any atom is 0.168 e. The number of rotatable bonds is 6. The maximum absolute atomic E-state index is 14.5. The summed E-state index contributed by atoms with van der Waals surface area (Å²) in [6, 6.07) is 8.38. The molecule has 0 amide bonds. The number of ether oxygens (including phenoxy) is 1. The van der Waals surface area contributed by atoms with Crippen LogP contribution in [0.2, 0.25) is 0 Å². The van der Waals surface area contributed by atoms with Gasteiger partial charge in [0.2, 0.25) is 0 Å². The van der Waals surface area contributed by atoms with Crippen molar-refractivity contribution in [3.63, 3.8) is 0 Å². The number of piperidine rings is 1. The van der Waals surface area contributed by atoms with Gasteiger partial charge in [-0.05, 0) is 43.7 Å². The molecule has 0 saturated carbocycles. The second-order valence-corrected chi connectivity index (χ2v) is 7.30. The Hall–Kier alpha value is -3.06. The molecule has 1 aliphatic rings. The summed E-state index contributed by atoms with van der Waals surface area (Å²) in [7, 11) is 1.51. The van der Waals surface area contributed by atoms with Gasteiger partial charge in [0.05, 0.1) is 19.0 Å². The number of pyridine rings is 1. The first-order chi connectivity index (χ1) is 14.2. The number of methoxy groups -OCH3 is 1. The minimum absolute atomic E-state index is 0.0546. The fraction of sp³-hybridized carbons (Fsp3) is 0.318. The van der Waals surface area contributed by atoms with Crippen LogP contribution in [0.1, 0.15) is 28.8 Å². The standard InChI is InChI=1S/C22H23FN4O2/c1-29-18-6-7-19(20(23)10-18)21-17(12-25-26-21)14-27-9-3-5-16(13-27)22(28)15-4-2-8-24-11-15/h2,4,6-8,10-12,16H,3,5,9,13-14H2,1H3,(H,25,26)/t16-/m0/s1. The molecule has 150 valence electrons. The van der Waals surface area contributed by atoms with Gasteiger partial charge in [-0.3, -0.25) is 19.8 Å². The number of hydrogen-bond acceptors (Lipinski definition) is 5. The number of aromatic amines is 1. The number of carbonyl (C=O) groups excluding carboxylic acids is 1. The Kier molecular flexibility index (Phi) is 5.67. The van der Waals surface area contributed by atoms with E-state index in [1.54, 1.807) is 36.8 Å². The van der Waals surface area contributed by atoms with Crippen LogP contribution in [0, 0.1) is 11.7 Å². The van der Waals surface area contributed by atoms with Gasteiger partial charge in [-0.1, -0.05) is 0 Å². The minimum Gasteiger partial charge on any atom is -0.497 e.